The van der Waals surface area contributed by atoms with Crippen molar-refractivity contribution < 1.29 is 13.2 Å². The molecule has 6 nitrogen and oxygen atoms in total. The van der Waals surface area contributed by atoms with Gasteiger partial charge >= 0.3 is 6.18 Å². The molecule has 1 atom stereocenters. The topological polar surface area (TPSA) is 67.1 Å². The standard InChI is InChI=1S/C18H23F3N6/c1-5-9-22-17(23-11-16-26-25-13(3)27(16)4)24-12(2)14-7-6-8-15(10-14)18(19,20)21/h5-8,10,12H,1,9,11H2,2-4H3,(H2,22,23,24). The monoisotopic (exact) mass is 380 g/mol. The fourth-order valence-corrected chi connectivity index (χ4v) is 2.33. The van der Waals surface area contributed by atoms with Crippen molar-refractivity contribution in [1.82, 2.24) is 25.4 Å². The first-order valence-corrected chi connectivity index (χ1v) is 8.40. The highest BCUT2D eigenvalue weighted by molar-refractivity contribution is 5.80. The number of alkyl halides is 3. The first-order valence-electron chi connectivity index (χ1n) is 8.40. The van der Waals surface area contributed by atoms with E-state index in [-0.39, 0.29) is 12.6 Å². The Morgan fingerprint density at radius 1 is 1.37 bits per heavy atom. The minimum absolute atomic E-state index is 0.277. The molecule has 2 aromatic rings. The van der Waals surface area contributed by atoms with Crippen LogP contribution < -0.4 is 10.6 Å². The van der Waals surface area contributed by atoms with Crippen LogP contribution in [-0.2, 0) is 19.8 Å². The largest absolute Gasteiger partial charge is 0.416 e. The van der Waals surface area contributed by atoms with Gasteiger partial charge in [-0.05, 0) is 31.5 Å². The lowest BCUT2D eigenvalue weighted by Crippen LogP contribution is -2.39. The van der Waals surface area contributed by atoms with Gasteiger partial charge in [0.25, 0.3) is 0 Å². The van der Waals surface area contributed by atoms with Crippen molar-refractivity contribution in [2.75, 3.05) is 6.54 Å². The molecule has 0 saturated carbocycles. The van der Waals surface area contributed by atoms with Gasteiger partial charge in [-0.15, -0.1) is 16.8 Å². The molecule has 0 radical (unpaired) electrons. The van der Waals surface area contributed by atoms with Crippen LogP contribution in [0, 0.1) is 6.92 Å². The molecular formula is C18H23F3N6. The number of rotatable bonds is 6. The second-order valence-corrected chi connectivity index (χ2v) is 6.05. The summed E-state index contributed by atoms with van der Waals surface area (Å²) in [5.41, 5.74) is -0.173. The molecule has 0 spiro atoms. The summed E-state index contributed by atoms with van der Waals surface area (Å²) in [6.07, 6.45) is -2.71. The summed E-state index contributed by atoms with van der Waals surface area (Å²) in [7, 11) is 1.84. The molecule has 0 amide bonds. The van der Waals surface area contributed by atoms with Gasteiger partial charge in [-0.2, -0.15) is 13.2 Å². The van der Waals surface area contributed by atoms with E-state index < -0.39 is 11.7 Å². The lowest BCUT2D eigenvalue weighted by molar-refractivity contribution is -0.137. The van der Waals surface area contributed by atoms with Crippen molar-refractivity contribution in [3.8, 4) is 0 Å². The van der Waals surface area contributed by atoms with Gasteiger partial charge in [-0.3, -0.25) is 0 Å². The summed E-state index contributed by atoms with van der Waals surface area (Å²) in [6, 6.07) is 4.84. The Morgan fingerprint density at radius 2 is 2.11 bits per heavy atom. The van der Waals surface area contributed by atoms with E-state index in [4.69, 9.17) is 0 Å². The SMILES string of the molecule is C=CCNC(=NCc1nnc(C)n1C)NC(C)c1cccc(C(F)(F)F)c1. The number of hydrogen-bond acceptors (Lipinski definition) is 3. The third-order valence-corrected chi connectivity index (χ3v) is 4.04. The Balaban J connectivity index is 2.16. The third kappa shape index (κ3) is 5.57. The highest BCUT2D eigenvalue weighted by atomic mass is 19.4. The molecule has 0 aliphatic rings. The maximum absolute atomic E-state index is 12.9. The first kappa shape index (κ1) is 20.5. The molecule has 1 aromatic heterocycles. The van der Waals surface area contributed by atoms with Gasteiger partial charge in [0.05, 0.1) is 11.6 Å². The van der Waals surface area contributed by atoms with E-state index in [1.54, 1.807) is 19.1 Å². The molecule has 146 valence electrons. The van der Waals surface area contributed by atoms with Crippen molar-refractivity contribution in [3.63, 3.8) is 0 Å². The molecule has 1 heterocycles. The zero-order valence-corrected chi connectivity index (χ0v) is 15.5. The number of hydrogen-bond donors (Lipinski definition) is 2. The minimum atomic E-state index is -4.38. The summed E-state index contributed by atoms with van der Waals surface area (Å²) >= 11 is 0. The van der Waals surface area contributed by atoms with E-state index in [9.17, 15) is 13.2 Å². The van der Waals surface area contributed by atoms with Crippen LogP contribution in [0.2, 0.25) is 0 Å². The van der Waals surface area contributed by atoms with Crippen LogP contribution in [0.25, 0.3) is 0 Å². The number of aromatic nitrogens is 3. The highest BCUT2D eigenvalue weighted by Gasteiger charge is 2.30. The summed E-state index contributed by atoms with van der Waals surface area (Å²) in [6.45, 7) is 7.99. The van der Waals surface area contributed by atoms with Crippen molar-refractivity contribution in [3.05, 3.63) is 59.7 Å². The van der Waals surface area contributed by atoms with E-state index in [0.717, 1.165) is 18.0 Å². The van der Waals surface area contributed by atoms with E-state index in [0.29, 0.717) is 23.9 Å². The molecule has 0 aliphatic carbocycles. The number of benzene rings is 1. The molecule has 1 aromatic carbocycles. The molecule has 2 rings (SSSR count). The van der Waals surface area contributed by atoms with Crippen LogP contribution >= 0.6 is 0 Å². The molecule has 0 saturated heterocycles. The Hall–Kier alpha value is -2.84. The summed E-state index contributed by atoms with van der Waals surface area (Å²) in [5, 5.41) is 14.2. The lowest BCUT2D eigenvalue weighted by atomic mass is 10.1. The zero-order valence-electron chi connectivity index (χ0n) is 15.5. The molecule has 9 heteroatoms. The van der Waals surface area contributed by atoms with E-state index in [2.05, 4.69) is 32.4 Å². The Bertz CT molecular complexity index is 810. The maximum Gasteiger partial charge on any atom is 0.416 e. The summed E-state index contributed by atoms with van der Waals surface area (Å²) < 4.78 is 40.6. The van der Waals surface area contributed by atoms with Gasteiger partial charge in [0.2, 0.25) is 0 Å². The third-order valence-electron chi connectivity index (χ3n) is 4.04. The van der Waals surface area contributed by atoms with Gasteiger partial charge in [0, 0.05) is 13.6 Å². The fraction of sp³-hybridized carbons (Fsp3) is 0.389. The second kappa shape index (κ2) is 8.70. The number of aryl methyl sites for hydroxylation is 1. The van der Waals surface area contributed by atoms with E-state index >= 15 is 0 Å². The van der Waals surface area contributed by atoms with Crippen molar-refractivity contribution in [2.45, 2.75) is 32.6 Å². The van der Waals surface area contributed by atoms with Crippen molar-refractivity contribution >= 4 is 5.96 Å². The van der Waals surface area contributed by atoms with Gasteiger partial charge in [-0.25, -0.2) is 4.99 Å². The predicted molar refractivity (Wildman–Crippen MR) is 98.1 cm³/mol. The molecule has 0 bridgehead atoms. The molecule has 1 unspecified atom stereocenters. The van der Waals surface area contributed by atoms with Crippen LogP contribution in [0.3, 0.4) is 0 Å². The van der Waals surface area contributed by atoms with Crippen molar-refractivity contribution in [1.29, 1.82) is 0 Å². The summed E-state index contributed by atoms with van der Waals surface area (Å²) in [4.78, 5) is 4.44. The first-order chi connectivity index (χ1) is 12.7. The van der Waals surface area contributed by atoms with Gasteiger partial charge in [-0.1, -0.05) is 18.2 Å². The second-order valence-electron chi connectivity index (χ2n) is 6.05. The highest BCUT2D eigenvalue weighted by Crippen LogP contribution is 2.30. The van der Waals surface area contributed by atoms with Crippen LogP contribution in [-0.4, -0.2) is 27.3 Å². The van der Waals surface area contributed by atoms with Gasteiger partial charge < -0.3 is 15.2 Å². The van der Waals surface area contributed by atoms with Gasteiger partial charge in [0.1, 0.15) is 12.4 Å². The van der Waals surface area contributed by atoms with Gasteiger partial charge in [0.15, 0.2) is 11.8 Å². The maximum atomic E-state index is 12.9. The van der Waals surface area contributed by atoms with E-state index in [1.807, 2.05) is 18.5 Å². The van der Waals surface area contributed by atoms with Crippen LogP contribution in [0.1, 0.15) is 35.7 Å². The zero-order chi connectivity index (χ0) is 20.0. The average molecular weight is 380 g/mol. The smallest absolute Gasteiger partial charge is 0.353 e. The quantitative estimate of drug-likeness (QED) is 0.459. The normalized spacial score (nSPS) is 13.3. The Morgan fingerprint density at radius 3 is 2.70 bits per heavy atom. The molecule has 27 heavy (non-hydrogen) atoms. The lowest BCUT2D eigenvalue weighted by Gasteiger charge is -2.19. The summed E-state index contributed by atoms with van der Waals surface area (Å²) in [5.74, 6) is 1.89. The van der Waals surface area contributed by atoms with Crippen LogP contribution in [0.4, 0.5) is 13.2 Å². The number of halogens is 3. The average Bonchev–Trinajstić information content (AvgIpc) is 2.95. The molecule has 0 aliphatic heterocycles. The predicted octanol–water partition coefficient (Wildman–Crippen LogP) is 3.12. The fourth-order valence-electron chi connectivity index (χ4n) is 2.33. The number of guanidine groups is 1. The molecule has 2 N–H and O–H groups in total. The minimum Gasteiger partial charge on any atom is -0.353 e. The Kier molecular flexibility index (Phi) is 6.59. The van der Waals surface area contributed by atoms with Crippen LogP contribution in [0.15, 0.2) is 41.9 Å². The molecule has 0 fully saturated rings. The Labute approximate surface area is 156 Å². The van der Waals surface area contributed by atoms with Crippen molar-refractivity contribution in [2.24, 2.45) is 12.0 Å². The van der Waals surface area contributed by atoms with E-state index in [1.165, 1.54) is 6.07 Å². The number of nitrogens with zero attached hydrogens (tertiary/aromatic N) is 4. The van der Waals surface area contributed by atoms with Crippen LogP contribution in [0.5, 0.6) is 0 Å². The number of nitrogens with one attached hydrogen (secondary N) is 2. The number of aliphatic imine (C=N–C) groups is 1. The molecular weight excluding hydrogens is 357 g/mol.